The molecule has 0 amide bonds. The quantitative estimate of drug-likeness (QED) is 0.143. The maximum atomic E-state index is 12.2. The molecule has 1 rings (SSSR count). The third kappa shape index (κ3) is 12.8. The molecule has 0 radical (unpaired) electrons. The van der Waals surface area contributed by atoms with Gasteiger partial charge >= 0.3 is 11.9 Å². The molecule has 0 heterocycles. The van der Waals surface area contributed by atoms with Gasteiger partial charge in [0.25, 0.3) is 0 Å². The monoisotopic (exact) mass is 462 g/mol. The van der Waals surface area contributed by atoms with Crippen molar-refractivity contribution in [2.24, 2.45) is 0 Å². The fraction of sp³-hybridized carbons (Fsp3) is 0.577. The van der Waals surface area contributed by atoms with E-state index in [-0.39, 0.29) is 12.4 Å². The van der Waals surface area contributed by atoms with Crippen LogP contribution in [0.3, 0.4) is 0 Å². The van der Waals surface area contributed by atoms with Gasteiger partial charge in [0.1, 0.15) is 24.1 Å². The number of carboxylic acid groups (broad SMARTS) is 1. The van der Waals surface area contributed by atoms with Crippen LogP contribution in [0.25, 0.3) is 0 Å². The van der Waals surface area contributed by atoms with Crippen molar-refractivity contribution in [3.05, 3.63) is 42.0 Å². The van der Waals surface area contributed by atoms with E-state index in [2.05, 4.69) is 6.92 Å². The molecule has 0 aromatic heterocycles. The van der Waals surface area contributed by atoms with Crippen molar-refractivity contribution in [3.8, 4) is 5.75 Å². The Labute approximate surface area is 196 Å². The van der Waals surface area contributed by atoms with E-state index in [0.717, 1.165) is 31.4 Å². The third-order valence-electron chi connectivity index (χ3n) is 5.13. The van der Waals surface area contributed by atoms with E-state index in [1.165, 1.54) is 46.0 Å². The van der Waals surface area contributed by atoms with E-state index in [1.54, 1.807) is 24.3 Å². The number of carbonyl (C=O) groups excluding carboxylic acids is 2. The van der Waals surface area contributed by atoms with Crippen LogP contribution in [0, 0.1) is 0 Å². The molecule has 0 bridgehead atoms. The largest absolute Gasteiger partial charge is 0.487 e. The third-order valence-corrected chi connectivity index (χ3v) is 5.13. The van der Waals surface area contributed by atoms with Crippen LogP contribution in [-0.4, -0.2) is 46.2 Å². The van der Waals surface area contributed by atoms with Crippen molar-refractivity contribution in [2.75, 3.05) is 6.61 Å². The van der Waals surface area contributed by atoms with Gasteiger partial charge in [-0.25, -0.2) is 9.59 Å². The molecule has 7 heteroatoms. The fourth-order valence-electron chi connectivity index (χ4n) is 3.28. The molecule has 1 atom stereocenters. The van der Waals surface area contributed by atoms with Gasteiger partial charge in [0, 0.05) is 17.7 Å². The number of hydrogen-bond donors (Lipinski definition) is 2. The smallest absolute Gasteiger partial charge is 0.331 e. The minimum Gasteiger partial charge on any atom is -0.487 e. The molecule has 2 N–H and O–H groups in total. The summed E-state index contributed by atoms with van der Waals surface area (Å²) >= 11 is 0. The van der Waals surface area contributed by atoms with Gasteiger partial charge in [-0.1, -0.05) is 51.9 Å². The van der Waals surface area contributed by atoms with Gasteiger partial charge in [-0.3, -0.25) is 4.79 Å². The topological polar surface area (TPSA) is 110 Å². The second-order valence-electron chi connectivity index (χ2n) is 8.72. The summed E-state index contributed by atoms with van der Waals surface area (Å²) in [6.45, 7) is 5.06. The SMILES string of the molecule is CCCCCCCCCCC(COC(=O)/C=C/C(=O)O)Oc1ccc(C(=O)C(C)(C)O)cc1. The molecule has 0 aliphatic carbocycles. The minimum absolute atomic E-state index is 0.0103. The number of ketones is 1. The summed E-state index contributed by atoms with van der Waals surface area (Å²) in [7, 11) is 0. The van der Waals surface area contributed by atoms with Gasteiger partial charge in [0.2, 0.25) is 0 Å². The van der Waals surface area contributed by atoms with E-state index in [4.69, 9.17) is 14.6 Å². The van der Waals surface area contributed by atoms with Crippen LogP contribution in [0.1, 0.15) is 88.9 Å². The van der Waals surface area contributed by atoms with Crippen LogP contribution in [0.4, 0.5) is 0 Å². The molecule has 1 aromatic rings. The Bertz CT molecular complexity index is 760. The lowest BCUT2D eigenvalue weighted by atomic mass is 9.97. The molecule has 33 heavy (non-hydrogen) atoms. The number of rotatable bonds is 17. The number of esters is 1. The van der Waals surface area contributed by atoms with Crippen LogP contribution in [0.15, 0.2) is 36.4 Å². The molecule has 0 saturated carbocycles. The molecule has 184 valence electrons. The molecule has 1 unspecified atom stereocenters. The normalized spacial score (nSPS) is 12.5. The highest BCUT2D eigenvalue weighted by Gasteiger charge is 2.25. The van der Waals surface area contributed by atoms with Gasteiger partial charge in [-0.15, -0.1) is 0 Å². The maximum absolute atomic E-state index is 12.2. The zero-order valence-electron chi connectivity index (χ0n) is 20.0. The molecule has 7 nitrogen and oxygen atoms in total. The van der Waals surface area contributed by atoms with Gasteiger partial charge < -0.3 is 19.7 Å². The molecule has 0 aliphatic rings. The molecule has 1 aromatic carbocycles. The predicted octanol–water partition coefficient (Wildman–Crippen LogP) is 5.10. The Morgan fingerprint density at radius 2 is 1.52 bits per heavy atom. The molecular formula is C26H38O7. The zero-order valence-corrected chi connectivity index (χ0v) is 20.0. The second-order valence-corrected chi connectivity index (χ2v) is 8.72. The first-order chi connectivity index (χ1) is 15.6. The predicted molar refractivity (Wildman–Crippen MR) is 126 cm³/mol. The van der Waals surface area contributed by atoms with E-state index in [0.29, 0.717) is 17.7 Å². The lowest BCUT2D eigenvalue weighted by molar-refractivity contribution is -0.141. The number of carbonyl (C=O) groups is 3. The van der Waals surface area contributed by atoms with Crippen molar-refractivity contribution in [1.82, 2.24) is 0 Å². The summed E-state index contributed by atoms with van der Waals surface area (Å²) in [5.74, 6) is -1.83. The van der Waals surface area contributed by atoms with Gasteiger partial charge in [-0.2, -0.15) is 0 Å². The summed E-state index contributed by atoms with van der Waals surface area (Å²) in [5, 5.41) is 18.5. The summed E-state index contributed by atoms with van der Waals surface area (Å²) in [4.78, 5) is 34.5. The van der Waals surface area contributed by atoms with Crippen LogP contribution >= 0.6 is 0 Å². The van der Waals surface area contributed by atoms with Crippen molar-refractivity contribution >= 4 is 17.7 Å². The number of Topliss-reactive ketones (excluding diaryl/α,β-unsaturated/α-hetero) is 1. The highest BCUT2D eigenvalue weighted by atomic mass is 16.6. The number of hydrogen-bond acceptors (Lipinski definition) is 6. The van der Waals surface area contributed by atoms with E-state index in [9.17, 15) is 19.5 Å². The van der Waals surface area contributed by atoms with Crippen molar-refractivity contribution in [2.45, 2.75) is 90.3 Å². The average Bonchev–Trinajstić information content (AvgIpc) is 2.77. The molecule has 0 spiro atoms. The summed E-state index contributed by atoms with van der Waals surface area (Å²) < 4.78 is 11.1. The second kappa shape index (κ2) is 15.2. The molecule has 0 fully saturated rings. The Hall–Kier alpha value is -2.67. The summed E-state index contributed by atoms with van der Waals surface area (Å²) in [6.07, 6.45) is 11.2. The number of ether oxygens (including phenoxy) is 2. The Kier molecular flexibility index (Phi) is 13.1. The van der Waals surface area contributed by atoms with Crippen LogP contribution in [-0.2, 0) is 14.3 Å². The number of aliphatic hydroxyl groups is 1. The number of aliphatic carboxylic acids is 1. The lowest BCUT2D eigenvalue weighted by Crippen LogP contribution is -2.31. The van der Waals surface area contributed by atoms with Crippen molar-refractivity contribution in [3.63, 3.8) is 0 Å². The van der Waals surface area contributed by atoms with Crippen LogP contribution in [0.2, 0.25) is 0 Å². The van der Waals surface area contributed by atoms with E-state index >= 15 is 0 Å². The maximum Gasteiger partial charge on any atom is 0.331 e. The van der Waals surface area contributed by atoms with Crippen LogP contribution in [0.5, 0.6) is 5.75 Å². The fourth-order valence-corrected chi connectivity index (χ4v) is 3.28. The first-order valence-electron chi connectivity index (χ1n) is 11.7. The Balaban J connectivity index is 2.64. The zero-order chi connectivity index (χ0) is 24.7. The Morgan fingerprint density at radius 1 is 0.939 bits per heavy atom. The van der Waals surface area contributed by atoms with Crippen molar-refractivity contribution < 1.29 is 34.1 Å². The summed E-state index contributed by atoms with van der Waals surface area (Å²) in [6, 6.07) is 6.47. The molecular weight excluding hydrogens is 424 g/mol. The van der Waals surface area contributed by atoms with Gasteiger partial charge in [-0.05, 0) is 51.0 Å². The first kappa shape index (κ1) is 28.4. The molecule has 0 saturated heterocycles. The lowest BCUT2D eigenvalue weighted by Gasteiger charge is -2.20. The van der Waals surface area contributed by atoms with Crippen molar-refractivity contribution in [1.29, 1.82) is 0 Å². The van der Waals surface area contributed by atoms with Crippen LogP contribution < -0.4 is 4.74 Å². The van der Waals surface area contributed by atoms with E-state index in [1.807, 2.05) is 0 Å². The average molecular weight is 463 g/mol. The summed E-state index contributed by atoms with van der Waals surface area (Å²) in [5.41, 5.74) is -1.08. The highest BCUT2D eigenvalue weighted by Crippen LogP contribution is 2.20. The van der Waals surface area contributed by atoms with E-state index < -0.39 is 23.6 Å². The van der Waals surface area contributed by atoms with Gasteiger partial charge in [0.05, 0.1) is 0 Å². The van der Waals surface area contributed by atoms with Gasteiger partial charge in [0.15, 0.2) is 5.78 Å². The minimum atomic E-state index is -1.46. The Morgan fingerprint density at radius 3 is 2.06 bits per heavy atom. The highest BCUT2D eigenvalue weighted by molar-refractivity contribution is 6.01. The first-order valence-corrected chi connectivity index (χ1v) is 11.7. The standard InChI is InChI=1S/C26H38O7/c1-4-5-6-7-8-9-10-11-12-22(19-32-24(29)18-17-23(27)28)33-21-15-13-20(14-16-21)25(30)26(2,3)31/h13-18,22,31H,4-12,19H2,1-3H3,(H,27,28)/b18-17+. The number of benzene rings is 1. The molecule has 0 aliphatic heterocycles. The number of unbranched alkanes of at least 4 members (excludes halogenated alkanes) is 7. The number of carboxylic acids is 1.